The van der Waals surface area contributed by atoms with Gasteiger partial charge in [0.25, 0.3) is 0 Å². The highest BCUT2D eigenvalue weighted by Crippen LogP contribution is 2.22. The number of guanidine groups is 1. The first-order valence-electron chi connectivity index (χ1n) is 9.70. The Bertz CT molecular complexity index is 666. The van der Waals surface area contributed by atoms with E-state index in [2.05, 4.69) is 46.7 Å². The van der Waals surface area contributed by atoms with Crippen LogP contribution in [0.25, 0.3) is 0 Å². The Morgan fingerprint density at radius 1 is 1.14 bits per heavy atom. The predicted octanol–water partition coefficient (Wildman–Crippen LogP) is 3.33. The molecular weight excluding hydrogens is 358 g/mol. The smallest absolute Gasteiger partial charge is 0.408 e. The van der Waals surface area contributed by atoms with E-state index in [1.165, 1.54) is 0 Å². The molecule has 0 saturated heterocycles. The molecule has 8 nitrogen and oxygen atoms in total. The molecule has 0 aliphatic heterocycles. The molecule has 0 saturated carbocycles. The highest BCUT2D eigenvalue weighted by atomic mass is 16.6. The van der Waals surface area contributed by atoms with Gasteiger partial charge in [-0.3, -0.25) is 0 Å². The normalized spacial score (nSPS) is 13.2. The highest BCUT2D eigenvalue weighted by molar-refractivity contribution is 5.79. The Hall–Kier alpha value is -2.25. The van der Waals surface area contributed by atoms with E-state index in [1.54, 1.807) is 6.20 Å². The Kier molecular flexibility index (Phi) is 7.90. The molecule has 8 heteroatoms. The third kappa shape index (κ3) is 9.10. The minimum Gasteiger partial charge on any atom is -0.444 e. The molecule has 3 N–H and O–H groups in total. The van der Waals surface area contributed by atoms with Gasteiger partial charge in [0.2, 0.25) is 5.89 Å². The van der Waals surface area contributed by atoms with Crippen molar-refractivity contribution in [3.05, 3.63) is 17.8 Å². The topological polar surface area (TPSA) is 101 Å². The number of oxazole rings is 1. The fourth-order valence-corrected chi connectivity index (χ4v) is 2.15. The van der Waals surface area contributed by atoms with Crippen LogP contribution in [-0.4, -0.2) is 41.3 Å². The maximum atomic E-state index is 12.0. The number of aromatic nitrogens is 1. The lowest BCUT2D eigenvalue weighted by atomic mass is 9.94. The number of hydrogen-bond acceptors (Lipinski definition) is 5. The molecule has 1 amide bonds. The molecule has 0 unspecified atom stereocenters. The van der Waals surface area contributed by atoms with E-state index < -0.39 is 17.2 Å². The molecule has 0 aliphatic rings. The van der Waals surface area contributed by atoms with Crippen LogP contribution in [0.3, 0.4) is 0 Å². The van der Waals surface area contributed by atoms with Crippen LogP contribution in [0.5, 0.6) is 0 Å². The molecular formula is C20H37N5O3. The second-order valence-electron chi connectivity index (χ2n) is 9.43. The lowest BCUT2D eigenvalue weighted by molar-refractivity contribution is 0.0474. The molecule has 1 heterocycles. The number of hydrogen-bond donors (Lipinski definition) is 3. The van der Waals surface area contributed by atoms with Crippen molar-refractivity contribution in [2.24, 2.45) is 4.99 Å². The van der Waals surface area contributed by atoms with Gasteiger partial charge < -0.3 is 25.1 Å². The maximum Gasteiger partial charge on any atom is 0.408 e. The standard InChI is InChI=1S/C20H37N5O3/c1-10-21-16(23-12-15-22-11-14(27-15)18(2,3)4)24-13-20(8,9)25-17(26)28-19(5,6)7/h11H,10,12-13H2,1-9H3,(H,25,26)(H2,21,23,24). The zero-order valence-corrected chi connectivity index (χ0v) is 18.8. The third-order valence-electron chi connectivity index (χ3n) is 3.55. The van der Waals surface area contributed by atoms with Crippen molar-refractivity contribution in [1.29, 1.82) is 0 Å². The van der Waals surface area contributed by atoms with E-state index in [1.807, 2.05) is 41.5 Å². The number of rotatable bonds is 6. The summed E-state index contributed by atoms with van der Waals surface area (Å²) in [5.74, 6) is 2.02. The van der Waals surface area contributed by atoms with Gasteiger partial charge in [0.05, 0.1) is 11.7 Å². The molecule has 0 atom stereocenters. The van der Waals surface area contributed by atoms with Crippen LogP contribution in [0.2, 0.25) is 0 Å². The number of amides is 1. The summed E-state index contributed by atoms with van der Waals surface area (Å²) in [6.45, 7) is 19.1. The van der Waals surface area contributed by atoms with Gasteiger partial charge in [0, 0.05) is 18.5 Å². The molecule has 160 valence electrons. The van der Waals surface area contributed by atoms with Crippen molar-refractivity contribution >= 4 is 12.1 Å². The van der Waals surface area contributed by atoms with Gasteiger partial charge in [0.15, 0.2) is 5.96 Å². The van der Waals surface area contributed by atoms with Crippen LogP contribution in [0, 0.1) is 0 Å². The summed E-state index contributed by atoms with van der Waals surface area (Å²) in [5, 5.41) is 9.28. The maximum absolute atomic E-state index is 12.0. The van der Waals surface area contributed by atoms with Crippen LogP contribution in [-0.2, 0) is 16.7 Å². The van der Waals surface area contributed by atoms with E-state index in [0.29, 0.717) is 31.5 Å². The first kappa shape index (κ1) is 23.8. The third-order valence-corrected chi connectivity index (χ3v) is 3.55. The summed E-state index contributed by atoms with van der Waals surface area (Å²) in [5.41, 5.74) is -1.15. The molecule has 0 aromatic carbocycles. The molecule has 0 spiro atoms. The summed E-state index contributed by atoms with van der Waals surface area (Å²) < 4.78 is 11.1. The van der Waals surface area contributed by atoms with Crippen molar-refractivity contribution < 1.29 is 13.9 Å². The molecule has 0 aliphatic carbocycles. The highest BCUT2D eigenvalue weighted by Gasteiger charge is 2.25. The van der Waals surface area contributed by atoms with Crippen molar-refractivity contribution in [2.45, 2.75) is 85.4 Å². The monoisotopic (exact) mass is 395 g/mol. The summed E-state index contributed by atoms with van der Waals surface area (Å²) in [4.78, 5) is 20.8. The van der Waals surface area contributed by atoms with Crippen molar-refractivity contribution in [1.82, 2.24) is 20.9 Å². The lowest BCUT2D eigenvalue weighted by Crippen LogP contribution is -2.54. The predicted molar refractivity (Wildman–Crippen MR) is 111 cm³/mol. The molecule has 28 heavy (non-hydrogen) atoms. The Labute approximate surface area is 168 Å². The Balaban J connectivity index is 2.67. The number of nitrogens with zero attached hydrogens (tertiary/aromatic N) is 2. The molecule has 0 bridgehead atoms. The largest absolute Gasteiger partial charge is 0.444 e. The number of aliphatic imine (C=N–C) groups is 1. The van der Waals surface area contributed by atoms with Crippen LogP contribution in [0.1, 0.15) is 74.0 Å². The minimum absolute atomic E-state index is 0.0882. The van der Waals surface area contributed by atoms with Crippen LogP contribution >= 0.6 is 0 Å². The van der Waals surface area contributed by atoms with E-state index in [4.69, 9.17) is 9.15 Å². The van der Waals surface area contributed by atoms with Gasteiger partial charge in [-0.15, -0.1) is 0 Å². The second kappa shape index (κ2) is 9.30. The van der Waals surface area contributed by atoms with Crippen LogP contribution in [0.4, 0.5) is 4.79 Å². The van der Waals surface area contributed by atoms with E-state index in [0.717, 1.165) is 5.76 Å². The first-order valence-corrected chi connectivity index (χ1v) is 9.70. The van der Waals surface area contributed by atoms with Gasteiger partial charge in [-0.1, -0.05) is 20.8 Å². The SMILES string of the molecule is CCNC(=NCc1ncc(C(C)(C)C)o1)NCC(C)(C)NC(=O)OC(C)(C)C. The van der Waals surface area contributed by atoms with Gasteiger partial charge in [-0.2, -0.15) is 0 Å². The average Bonchev–Trinajstić information content (AvgIpc) is 2.96. The molecule has 1 aromatic rings. The van der Waals surface area contributed by atoms with Crippen LogP contribution in [0.15, 0.2) is 15.6 Å². The fourth-order valence-electron chi connectivity index (χ4n) is 2.15. The Morgan fingerprint density at radius 2 is 1.79 bits per heavy atom. The van der Waals surface area contributed by atoms with Gasteiger partial charge in [0.1, 0.15) is 17.9 Å². The zero-order chi connectivity index (χ0) is 21.6. The molecule has 0 radical (unpaired) electrons. The molecule has 1 rings (SSSR count). The minimum atomic E-state index is -0.536. The number of alkyl carbamates (subject to hydrolysis) is 1. The summed E-state index contributed by atoms with van der Waals surface area (Å²) in [6.07, 6.45) is 1.30. The van der Waals surface area contributed by atoms with Gasteiger partial charge in [-0.25, -0.2) is 14.8 Å². The second-order valence-corrected chi connectivity index (χ2v) is 9.43. The van der Waals surface area contributed by atoms with Gasteiger partial charge in [-0.05, 0) is 41.5 Å². The quantitative estimate of drug-likeness (QED) is 0.504. The van der Waals surface area contributed by atoms with Crippen molar-refractivity contribution in [3.8, 4) is 0 Å². The summed E-state index contributed by atoms with van der Waals surface area (Å²) >= 11 is 0. The summed E-state index contributed by atoms with van der Waals surface area (Å²) in [6, 6.07) is 0. The molecule has 0 fully saturated rings. The number of carbonyl (C=O) groups excluding carboxylic acids is 1. The summed E-state index contributed by atoms with van der Waals surface area (Å²) in [7, 11) is 0. The first-order chi connectivity index (χ1) is 12.7. The molecule has 1 aromatic heterocycles. The Morgan fingerprint density at radius 3 is 2.29 bits per heavy atom. The zero-order valence-electron chi connectivity index (χ0n) is 18.8. The average molecular weight is 396 g/mol. The van der Waals surface area contributed by atoms with Crippen LogP contribution < -0.4 is 16.0 Å². The fraction of sp³-hybridized carbons (Fsp3) is 0.750. The van der Waals surface area contributed by atoms with Crippen molar-refractivity contribution in [2.75, 3.05) is 13.1 Å². The number of ether oxygens (including phenoxy) is 1. The van der Waals surface area contributed by atoms with Crippen molar-refractivity contribution in [3.63, 3.8) is 0 Å². The lowest BCUT2D eigenvalue weighted by Gasteiger charge is -2.29. The number of carbonyl (C=O) groups is 1. The van der Waals surface area contributed by atoms with E-state index >= 15 is 0 Å². The van der Waals surface area contributed by atoms with E-state index in [9.17, 15) is 4.79 Å². The van der Waals surface area contributed by atoms with E-state index in [-0.39, 0.29) is 5.41 Å². The van der Waals surface area contributed by atoms with Gasteiger partial charge >= 0.3 is 6.09 Å². The number of nitrogens with one attached hydrogen (secondary N) is 3.